The zero-order chi connectivity index (χ0) is 15.0. The Balaban J connectivity index is 1.90. The Labute approximate surface area is 126 Å². The van der Waals surface area contributed by atoms with E-state index in [2.05, 4.69) is 4.90 Å². The lowest BCUT2D eigenvalue weighted by Crippen LogP contribution is -2.42. The number of nitrogen functional groups attached to an aromatic ring is 1. The molecule has 1 saturated carbocycles. The second-order valence-corrected chi connectivity index (χ2v) is 7.84. The van der Waals surface area contributed by atoms with Crippen molar-refractivity contribution in [2.24, 2.45) is 17.0 Å². The van der Waals surface area contributed by atoms with Crippen molar-refractivity contribution < 1.29 is 8.42 Å². The van der Waals surface area contributed by atoms with Crippen molar-refractivity contribution in [2.75, 3.05) is 23.7 Å². The molecule has 1 aliphatic carbocycles. The molecule has 2 atom stereocenters. The molecule has 1 aromatic rings. The Morgan fingerprint density at radius 2 is 1.81 bits per heavy atom. The first-order valence-electron chi connectivity index (χ1n) is 7.62. The Hall–Kier alpha value is -1.27. The third-order valence-corrected chi connectivity index (χ3v) is 5.86. The number of nitrogens with zero attached hydrogens (tertiary/aromatic N) is 1. The molecule has 0 spiro atoms. The zero-order valence-electron chi connectivity index (χ0n) is 12.2. The highest BCUT2D eigenvalue weighted by molar-refractivity contribution is 7.89. The second-order valence-electron chi connectivity index (χ2n) is 6.31. The van der Waals surface area contributed by atoms with E-state index in [1.165, 1.54) is 31.7 Å². The molecule has 2 unspecified atom stereocenters. The van der Waals surface area contributed by atoms with E-state index in [0.717, 1.165) is 25.4 Å². The minimum Gasteiger partial charge on any atom is -0.399 e. The molecule has 1 aromatic carbocycles. The maximum absolute atomic E-state index is 11.8. The van der Waals surface area contributed by atoms with Gasteiger partial charge in [-0.15, -0.1) is 0 Å². The van der Waals surface area contributed by atoms with Gasteiger partial charge in [-0.05, 0) is 42.9 Å². The molecule has 2 aliphatic rings. The molecule has 1 aliphatic heterocycles. The van der Waals surface area contributed by atoms with Crippen LogP contribution in [-0.4, -0.2) is 21.5 Å². The number of piperidine rings is 1. The normalized spacial score (nSPS) is 26.4. The van der Waals surface area contributed by atoms with Crippen molar-refractivity contribution in [3.8, 4) is 0 Å². The molecule has 0 radical (unpaired) electrons. The fourth-order valence-electron chi connectivity index (χ4n) is 3.84. The van der Waals surface area contributed by atoms with Crippen molar-refractivity contribution in [3.05, 3.63) is 18.2 Å². The minimum atomic E-state index is -3.76. The maximum Gasteiger partial charge on any atom is 0.240 e. The number of primary sulfonamides is 1. The van der Waals surface area contributed by atoms with Crippen LogP contribution in [0.4, 0.5) is 11.4 Å². The van der Waals surface area contributed by atoms with Crippen molar-refractivity contribution in [1.29, 1.82) is 0 Å². The summed E-state index contributed by atoms with van der Waals surface area (Å²) in [7, 11) is -3.76. The van der Waals surface area contributed by atoms with E-state index < -0.39 is 10.0 Å². The summed E-state index contributed by atoms with van der Waals surface area (Å²) >= 11 is 0. The van der Waals surface area contributed by atoms with E-state index in [4.69, 9.17) is 10.9 Å². The third-order valence-electron chi connectivity index (χ3n) is 4.92. The van der Waals surface area contributed by atoms with Gasteiger partial charge in [0.2, 0.25) is 10.0 Å². The topological polar surface area (TPSA) is 89.4 Å². The lowest BCUT2D eigenvalue weighted by atomic mass is 9.75. The monoisotopic (exact) mass is 309 g/mol. The first-order chi connectivity index (χ1) is 9.95. The SMILES string of the molecule is Nc1ccc(N2CCC3CCCCC3C2)c(S(N)(=O)=O)c1. The fourth-order valence-corrected chi connectivity index (χ4v) is 4.63. The Kier molecular flexibility index (Phi) is 3.84. The van der Waals surface area contributed by atoms with E-state index in [1.54, 1.807) is 12.1 Å². The lowest BCUT2D eigenvalue weighted by molar-refractivity contribution is 0.202. The quantitative estimate of drug-likeness (QED) is 0.817. The number of hydrogen-bond donors (Lipinski definition) is 2. The van der Waals surface area contributed by atoms with Crippen LogP contribution in [0.5, 0.6) is 0 Å². The van der Waals surface area contributed by atoms with Gasteiger partial charge in [0.1, 0.15) is 4.90 Å². The third kappa shape index (κ3) is 3.01. The molecule has 1 heterocycles. The van der Waals surface area contributed by atoms with Crippen LogP contribution in [0, 0.1) is 11.8 Å². The van der Waals surface area contributed by atoms with Crippen LogP contribution in [0.25, 0.3) is 0 Å². The summed E-state index contributed by atoms with van der Waals surface area (Å²) in [6.07, 6.45) is 6.34. The number of hydrogen-bond acceptors (Lipinski definition) is 4. The van der Waals surface area contributed by atoms with E-state index in [9.17, 15) is 8.42 Å². The maximum atomic E-state index is 11.8. The number of nitrogens with two attached hydrogens (primary N) is 2. The lowest BCUT2D eigenvalue weighted by Gasteiger charge is -2.42. The summed E-state index contributed by atoms with van der Waals surface area (Å²) < 4.78 is 23.7. The summed E-state index contributed by atoms with van der Waals surface area (Å²) in [4.78, 5) is 2.32. The van der Waals surface area contributed by atoms with Gasteiger partial charge in [0.15, 0.2) is 0 Å². The Morgan fingerprint density at radius 3 is 2.52 bits per heavy atom. The number of fused-ring (bicyclic) bond motifs is 1. The first kappa shape index (κ1) is 14.7. The molecule has 1 saturated heterocycles. The molecule has 5 nitrogen and oxygen atoms in total. The van der Waals surface area contributed by atoms with Crippen LogP contribution in [0.2, 0.25) is 0 Å². The van der Waals surface area contributed by atoms with E-state index in [0.29, 0.717) is 17.3 Å². The predicted octanol–water partition coefficient (Wildman–Crippen LogP) is 1.93. The van der Waals surface area contributed by atoms with Gasteiger partial charge in [0, 0.05) is 18.8 Å². The van der Waals surface area contributed by atoms with Gasteiger partial charge in [-0.2, -0.15) is 0 Å². The minimum absolute atomic E-state index is 0.150. The molecular formula is C15H23N3O2S. The number of rotatable bonds is 2. The van der Waals surface area contributed by atoms with Crippen LogP contribution < -0.4 is 15.8 Å². The van der Waals surface area contributed by atoms with Gasteiger partial charge in [0.25, 0.3) is 0 Å². The molecule has 6 heteroatoms. The van der Waals surface area contributed by atoms with Crippen LogP contribution >= 0.6 is 0 Å². The van der Waals surface area contributed by atoms with Crippen LogP contribution in [0.1, 0.15) is 32.1 Å². The molecule has 0 bridgehead atoms. The van der Waals surface area contributed by atoms with Crippen molar-refractivity contribution in [2.45, 2.75) is 37.0 Å². The highest BCUT2D eigenvalue weighted by atomic mass is 32.2. The van der Waals surface area contributed by atoms with Crippen molar-refractivity contribution in [3.63, 3.8) is 0 Å². The van der Waals surface area contributed by atoms with Gasteiger partial charge in [-0.25, -0.2) is 13.6 Å². The average molecular weight is 309 g/mol. The molecule has 3 rings (SSSR count). The zero-order valence-corrected chi connectivity index (χ0v) is 13.0. The second kappa shape index (κ2) is 5.50. The predicted molar refractivity (Wildman–Crippen MR) is 84.5 cm³/mol. The molecule has 0 amide bonds. The van der Waals surface area contributed by atoms with Crippen molar-refractivity contribution >= 4 is 21.4 Å². The highest BCUT2D eigenvalue weighted by Gasteiger charge is 2.32. The van der Waals surface area contributed by atoms with Crippen LogP contribution in [0.15, 0.2) is 23.1 Å². The summed E-state index contributed by atoms with van der Waals surface area (Å²) in [6, 6.07) is 5.01. The molecule has 2 fully saturated rings. The van der Waals surface area contributed by atoms with Crippen LogP contribution in [-0.2, 0) is 10.0 Å². The smallest absolute Gasteiger partial charge is 0.240 e. The van der Waals surface area contributed by atoms with Gasteiger partial charge in [-0.1, -0.05) is 19.3 Å². The standard InChI is InChI=1S/C15H23N3O2S/c16-13-5-6-14(15(9-13)21(17,19)20)18-8-7-11-3-1-2-4-12(11)10-18/h5-6,9,11-12H,1-4,7-8,10,16H2,(H2,17,19,20). The van der Waals surface area contributed by atoms with Gasteiger partial charge in [0.05, 0.1) is 5.69 Å². The molecular weight excluding hydrogens is 286 g/mol. The summed E-state index contributed by atoms with van der Waals surface area (Å²) in [5.74, 6) is 1.49. The molecule has 0 aromatic heterocycles. The fraction of sp³-hybridized carbons (Fsp3) is 0.600. The van der Waals surface area contributed by atoms with E-state index in [1.807, 2.05) is 0 Å². The summed E-state index contributed by atoms with van der Waals surface area (Å²) in [5, 5.41) is 5.35. The average Bonchev–Trinajstić information content (AvgIpc) is 2.46. The molecule has 116 valence electrons. The van der Waals surface area contributed by atoms with Gasteiger partial charge in [-0.3, -0.25) is 0 Å². The van der Waals surface area contributed by atoms with Gasteiger partial charge < -0.3 is 10.6 Å². The summed E-state index contributed by atoms with van der Waals surface area (Å²) in [6.45, 7) is 1.82. The van der Waals surface area contributed by atoms with E-state index in [-0.39, 0.29) is 4.90 Å². The summed E-state index contributed by atoms with van der Waals surface area (Å²) in [5.41, 5.74) is 6.85. The molecule has 21 heavy (non-hydrogen) atoms. The Morgan fingerprint density at radius 1 is 1.10 bits per heavy atom. The van der Waals surface area contributed by atoms with Crippen molar-refractivity contribution in [1.82, 2.24) is 0 Å². The highest BCUT2D eigenvalue weighted by Crippen LogP contribution is 2.39. The van der Waals surface area contributed by atoms with E-state index >= 15 is 0 Å². The number of benzene rings is 1. The first-order valence-corrected chi connectivity index (χ1v) is 9.17. The molecule has 4 N–H and O–H groups in total. The number of anilines is 2. The Bertz CT molecular complexity index is 630. The number of sulfonamides is 1. The van der Waals surface area contributed by atoms with Gasteiger partial charge >= 0.3 is 0 Å². The largest absolute Gasteiger partial charge is 0.399 e. The van der Waals surface area contributed by atoms with Crippen LogP contribution in [0.3, 0.4) is 0 Å².